The van der Waals surface area contributed by atoms with Gasteiger partial charge >= 0.3 is 0 Å². The highest BCUT2D eigenvalue weighted by molar-refractivity contribution is 5.85. The van der Waals surface area contributed by atoms with Crippen LogP contribution < -0.4 is 10.1 Å². The van der Waals surface area contributed by atoms with E-state index in [9.17, 15) is 4.79 Å². The Kier molecular flexibility index (Phi) is 6.09. The number of rotatable bonds is 3. The normalized spacial score (nSPS) is 24.7. The minimum Gasteiger partial charge on any atom is -0.497 e. The van der Waals surface area contributed by atoms with Crippen molar-refractivity contribution in [2.75, 3.05) is 26.7 Å². The van der Waals surface area contributed by atoms with Gasteiger partial charge in [-0.25, -0.2) is 0 Å². The number of amides is 1. The Hall–Kier alpha value is -1.26. The molecule has 0 spiro atoms. The second-order valence-electron chi connectivity index (χ2n) is 6.05. The third-order valence-corrected chi connectivity index (χ3v) is 4.70. The highest BCUT2D eigenvalue weighted by Gasteiger charge is 2.31. The van der Waals surface area contributed by atoms with Crippen LogP contribution in [0.3, 0.4) is 0 Å². The maximum absolute atomic E-state index is 12.5. The van der Waals surface area contributed by atoms with E-state index in [-0.39, 0.29) is 18.4 Å². The van der Waals surface area contributed by atoms with Crippen molar-refractivity contribution in [1.82, 2.24) is 10.2 Å². The molecule has 122 valence electrons. The van der Waals surface area contributed by atoms with E-state index in [4.69, 9.17) is 4.74 Å². The second-order valence-corrected chi connectivity index (χ2v) is 6.05. The third kappa shape index (κ3) is 3.73. The lowest BCUT2D eigenvalue weighted by molar-refractivity contribution is -0.133. The van der Waals surface area contributed by atoms with Crippen LogP contribution >= 0.6 is 12.4 Å². The van der Waals surface area contributed by atoms with E-state index in [2.05, 4.69) is 17.4 Å². The summed E-state index contributed by atoms with van der Waals surface area (Å²) in [6.45, 7) is 2.71. The first-order chi connectivity index (χ1) is 10.3. The number of nitrogens with one attached hydrogen (secondary N) is 1. The van der Waals surface area contributed by atoms with Crippen LogP contribution in [0, 0.1) is 0 Å². The molecule has 0 saturated carbocycles. The molecule has 3 rings (SSSR count). The first-order valence-electron chi connectivity index (χ1n) is 7.94. The standard InChI is InChI=1S/C17H24N2O2.ClH/c1-21-15-7-5-13(6-8-15)14-9-11-19(12-14)17(20)16-4-2-3-10-18-16;/h5-8,14,16,18H,2-4,9-12H2,1H3;1H. The van der Waals surface area contributed by atoms with Crippen molar-refractivity contribution in [3.63, 3.8) is 0 Å². The molecule has 22 heavy (non-hydrogen) atoms. The third-order valence-electron chi connectivity index (χ3n) is 4.70. The van der Waals surface area contributed by atoms with Crippen LogP contribution in [-0.2, 0) is 4.79 Å². The number of carbonyl (C=O) groups excluding carboxylic acids is 1. The number of hydrogen-bond acceptors (Lipinski definition) is 3. The number of halogens is 1. The van der Waals surface area contributed by atoms with Gasteiger partial charge in [0.05, 0.1) is 13.2 Å². The summed E-state index contributed by atoms with van der Waals surface area (Å²) in [6, 6.07) is 8.30. The lowest BCUT2D eigenvalue weighted by Gasteiger charge is -2.27. The second kappa shape index (κ2) is 7.84. The van der Waals surface area contributed by atoms with E-state index in [1.54, 1.807) is 7.11 Å². The smallest absolute Gasteiger partial charge is 0.239 e. The van der Waals surface area contributed by atoms with Gasteiger partial charge in [-0.1, -0.05) is 18.6 Å². The predicted molar refractivity (Wildman–Crippen MR) is 89.8 cm³/mol. The van der Waals surface area contributed by atoms with Crippen LogP contribution in [0.4, 0.5) is 0 Å². The van der Waals surface area contributed by atoms with Crippen molar-refractivity contribution in [3.05, 3.63) is 29.8 Å². The SMILES string of the molecule is COc1ccc(C2CCN(C(=O)C3CCCCN3)C2)cc1.Cl. The number of hydrogen-bond donors (Lipinski definition) is 1. The topological polar surface area (TPSA) is 41.6 Å². The number of carbonyl (C=O) groups is 1. The summed E-state index contributed by atoms with van der Waals surface area (Å²) in [6.07, 6.45) is 4.41. The number of nitrogens with zero attached hydrogens (tertiary/aromatic N) is 1. The first-order valence-corrected chi connectivity index (χ1v) is 7.94. The van der Waals surface area contributed by atoms with E-state index in [1.165, 1.54) is 18.4 Å². The van der Waals surface area contributed by atoms with E-state index < -0.39 is 0 Å². The summed E-state index contributed by atoms with van der Waals surface area (Å²) in [5, 5.41) is 3.36. The minimum atomic E-state index is 0. The quantitative estimate of drug-likeness (QED) is 0.929. The Bertz CT molecular complexity index is 486. The number of likely N-dealkylation sites (tertiary alicyclic amines) is 1. The van der Waals surface area contributed by atoms with Crippen LogP contribution in [0.15, 0.2) is 24.3 Å². The van der Waals surface area contributed by atoms with Crippen molar-refractivity contribution < 1.29 is 9.53 Å². The lowest BCUT2D eigenvalue weighted by Crippen LogP contribution is -2.47. The summed E-state index contributed by atoms with van der Waals surface area (Å²) < 4.78 is 5.20. The van der Waals surface area contributed by atoms with Crippen LogP contribution in [0.2, 0.25) is 0 Å². The van der Waals surface area contributed by atoms with Crippen LogP contribution in [0.5, 0.6) is 5.75 Å². The van der Waals surface area contributed by atoms with E-state index in [1.807, 2.05) is 17.0 Å². The Morgan fingerprint density at radius 2 is 2.00 bits per heavy atom. The summed E-state index contributed by atoms with van der Waals surface area (Å²) in [7, 11) is 1.68. The molecule has 2 fully saturated rings. The highest BCUT2D eigenvalue weighted by Crippen LogP contribution is 2.29. The Morgan fingerprint density at radius 1 is 1.23 bits per heavy atom. The largest absolute Gasteiger partial charge is 0.497 e. The van der Waals surface area contributed by atoms with E-state index >= 15 is 0 Å². The molecule has 0 aromatic heterocycles. The van der Waals surface area contributed by atoms with E-state index in [0.717, 1.165) is 38.2 Å². The number of piperidine rings is 1. The summed E-state index contributed by atoms with van der Waals surface area (Å²) in [4.78, 5) is 14.6. The zero-order chi connectivity index (χ0) is 14.7. The fourth-order valence-corrected chi connectivity index (χ4v) is 3.39. The maximum atomic E-state index is 12.5. The van der Waals surface area contributed by atoms with Gasteiger partial charge < -0.3 is 15.0 Å². The molecule has 2 atom stereocenters. The molecule has 2 aliphatic heterocycles. The molecule has 5 heteroatoms. The van der Waals surface area contributed by atoms with Crippen LogP contribution in [0.1, 0.15) is 37.2 Å². The minimum absolute atomic E-state index is 0. The van der Waals surface area contributed by atoms with Gasteiger partial charge in [-0.3, -0.25) is 4.79 Å². The molecule has 0 aliphatic carbocycles. The van der Waals surface area contributed by atoms with Gasteiger partial charge in [-0.2, -0.15) is 0 Å². The molecular weight excluding hydrogens is 300 g/mol. The molecule has 1 amide bonds. The Balaban J connectivity index is 0.00000176. The van der Waals surface area contributed by atoms with Gasteiger partial charge in [0.2, 0.25) is 5.91 Å². The monoisotopic (exact) mass is 324 g/mol. The summed E-state index contributed by atoms with van der Waals surface area (Å²) >= 11 is 0. The zero-order valence-corrected chi connectivity index (χ0v) is 13.9. The number of ether oxygens (including phenoxy) is 1. The van der Waals surface area contributed by atoms with Gasteiger partial charge in [-0.15, -0.1) is 12.4 Å². The molecule has 1 N–H and O–H groups in total. The predicted octanol–water partition coefficient (Wildman–Crippen LogP) is 2.58. The van der Waals surface area contributed by atoms with Crippen molar-refractivity contribution in [3.8, 4) is 5.75 Å². The average molecular weight is 325 g/mol. The van der Waals surface area contributed by atoms with Crippen LogP contribution in [0.25, 0.3) is 0 Å². The Labute approximate surface area is 138 Å². The molecule has 0 radical (unpaired) electrons. The average Bonchev–Trinajstić information content (AvgIpc) is 3.05. The molecular formula is C17H25ClN2O2. The zero-order valence-electron chi connectivity index (χ0n) is 13.1. The van der Waals surface area contributed by atoms with Gasteiger partial charge in [0.25, 0.3) is 0 Å². The lowest BCUT2D eigenvalue weighted by atomic mass is 9.98. The van der Waals surface area contributed by atoms with Crippen LogP contribution in [-0.4, -0.2) is 43.6 Å². The molecule has 0 bridgehead atoms. The summed E-state index contributed by atoms with van der Waals surface area (Å²) in [5.74, 6) is 1.64. The maximum Gasteiger partial charge on any atom is 0.239 e. The molecule has 2 aliphatic rings. The highest BCUT2D eigenvalue weighted by atomic mass is 35.5. The molecule has 4 nitrogen and oxygen atoms in total. The van der Waals surface area contributed by atoms with Crippen molar-refractivity contribution >= 4 is 18.3 Å². The van der Waals surface area contributed by atoms with Crippen molar-refractivity contribution in [2.45, 2.75) is 37.6 Å². The summed E-state index contributed by atoms with van der Waals surface area (Å²) in [5.41, 5.74) is 1.31. The molecule has 1 aromatic rings. The van der Waals surface area contributed by atoms with E-state index in [0.29, 0.717) is 11.8 Å². The molecule has 2 unspecified atom stereocenters. The van der Waals surface area contributed by atoms with Gasteiger partial charge in [-0.05, 0) is 43.5 Å². The fourth-order valence-electron chi connectivity index (χ4n) is 3.39. The Morgan fingerprint density at radius 3 is 2.64 bits per heavy atom. The van der Waals surface area contributed by atoms with Crippen molar-refractivity contribution in [1.29, 1.82) is 0 Å². The molecule has 2 heterocycles. The van der Waals surface area contributed by atoms with Gasteiger partial charge in [0.1, 0.15) is 5.75 Å². The molecule has 1 aromatic carbocycles. The number of benzene rings is 1. The van der Waals surface area contributed by atoms with Gasteiger partial charge in [0.15, 0.2) is 0 Å². The number of methoxy groups -OCH3 is 1. The first kappa shape index (κ1) is 17.1. The molecule has 2 saturated heterocycles. The fraction of sp³-hybridized carbons (Fsp3) is 0.588. The van der Waals surface area contributed by atoms with Crippen molar-refractivity contribution in [2.24, 2.45) is 0 Å². The van der Waals surface area contributed by atoms with Gasteiger partial charge in [0, 0.05) is 19.0 Å².